The van der Waals surface area contributed by atoms with Crippen molar-refractivity contribution in [3.05, 3.63) is 53.4 Å². The number of benzene rings is 1. The first-order valence-electron chi connectivity index (χ1n) is 7.59. The molecule has 0 aliphatic heterocycles. The van der Waals surface area contributed by atoms with E-state index in [4.69, 9.17) is 11.6 Å². The number of carbonyl (C=O) groups is 1. The van der Waals surface area contributed by atoms with Crippen molar-refractivity contribution >= 4 is 39.4 Å². The third-order valence-electron chi connectivity index (χ3n) is 4.00. The van der Waals surface area contributed by atoms with Crippen molar-refractivity contribution < 1.29 is 4.79 Å². The van der Waals surface area contributed by atoms with Crippen molar-refractivity contribution in [3.63, 3.8) is 0 Å². The zero-order chi connectivity index (χ0) is 16.7. The molecule has 3 N–H and O–H groups in total. The van der Waals surface area contributed by atoms with Crippen LogP contribution in [0.15, 0.2) is 42.7 Å². The summed E-state index contributed by atoms with van der Waals surface area (Å²) in [5.41, 5.74) is 4.66. The van der Waals surface area contributed by atoms with Crippen LogP contribution in [0.1, 0.15) is 12.6 Å². The van der Waals surface area contributed by atoms with Gasteiger partial charge in [-0.3, -0.25) is 4.79 Å². The standard InChI is InChI=1S/C18H15ClN4O/c1-10(24)21-9-14-5-12-6-16(19)15(7-17(12)23-14)13-4-11-2-3-20-18(11)22-8-13/h2-8,23H,9H2,1H3,(H,20,22)(H,21,24). The molecule has 0 spiro atoms. The monoisotopic (exact) mass is 338 g/mol. The number of aromatic amines is 2. The molecule has 0 unspecified atom stereocenters. The molecule has 0 aliphatic carbocycles. The minimum atomic E-state index is -0.0572. The SMILES string of the molecule is CC(=O)NCc1cc2cc(Cl)c(-c3cnc4[nH]ccc4c3)cc2[nH]1. The van der Waals surface area contributed by atoms with E-state index in [2.05, 4.69) is 26.3 Å². The molecule has 120 valence electrons. The fraction of sp³-hybridized carbons (Fsp3) is 0.111. The maximum absolute atomic E-state index is 11.1. The van der Waals surface area contributed by atoms with Gasteiger partial charge in [-0.05, 0) is 30.3 Å². The van der Waals surface area contributed by atoms with Gasteiger partial charge in [0.1, 0.15) is 5.65 Å². The number of hydrogen-bond acceptors (Lipinski definition) is 2. The molecule has 1 aromatic carbocycles. The second-order valence-corrected chi connectivity index (χ2v) is 6.17. The van der Waals surface area contributed by atoms with Gasteiger partial charge < -0.3 is 15.3 Å². The van der Waals surface area contributed by atoms with Gasteiger partial charge in [-0.15, -0.1) is 0 Å². The van der Waals surface area contributed by atoms with E-state index in [0.717, 1.165) is 38.8 Å². The largest absolute Gasteiger partial charge is 0.357 e. The molecule has 3 aromatic heterocycles. The molecule has 0 aliphatic rings. The van der Waals surface area contributed by atoms with Crippen molar-refractivity contribution in [2.75, 3.05) is 0 Å². The number of hydrogen-bond donors (Lipinski definition) is 3. The maximum Gasteiger partial charge on any atom is 0.217 e. The summed E-state index contributed by atoms with van der Waals surface area (Å²) in [5.74, 6) is -0.0572. The van der Waals surface area contributed by atoms with Crippen LogP contribution in [-0.2, 0) is 11.3 Å². The van der Waals surface area contributed by atoms with Gasteiger partial charge >= 0.3 is 0 Å². The number of pyridine rings is 1. The highest BCUT2D eigenvalue weighted by molar-refractivity contribution is 6.34. The highest BCUT2D eigenvalue weighted by atomic mass is 35.5. The second kappa shape index (κ2) is 5.69. The summed E-state index contributed by atoms with van der Waals surface area (Å²) in [6.45, 7) is 1.97. The van der Waals surface area contributed by atoms with Crippen molar-refractivity contribution in [3.8, 4) is 11.1 Å². The van der Waals surface area contributed by atoms with E-state index in [-0.39, 0.29) is 5.91 Å². The summed E-state index contributed by atoms with van der Waals surface area (Å²) < 4.78 is 0. The first-order valence-corrected chi connectivity index (χ1v) is 7.97. The van der Waals surface area contributed by atoms with E-state index in [1.165, 1.54) is 6.92 Å². The molecular weight excluding hydrogens is 324 g/mol. The molecule has 24 heavy (non-hydrogen) atoms. The number of fused-ring (bicyclic) bond motifs is 2. The van der Waals surface area contributed by atoms with Gasteiger partial charge in [0, 0.05) is 57.5 Å². The Hall–Kier alpha value is -2.79. The zero-order valence-electron chi connectivity index (χ0n) is 13.0. The van der Waals surface area contributed by atoms with Crippen molar-refractivity contribution in [2.24, 2.45) is 0 Å². The molecule has 0 bridgehead atoms. The first-order chi connectivity index (χ1) is 11.6. The summed E-state index contributed by atoms with van der Waals surface area (Å²) >= 11 is 6.48. The number of carbonyl (C=O) groups excluding carboxylic acids is 1. The molecule has 3 heterocycles. The highest BCUT2D eigenvalue weighted by Gasteiger charge is 2.10. The van der Waals surface area contributed by atoms with Gasteiger partial charge in [0.15, 0.2) is 0 Å². The van der Waals surface area contributed by atoms with Gasteiger partial charge in [-0.2, -0.15) is 0 Å². The molecule has 4 aromatic rings. The summed E-state index contributed by atoms with van der Waals surface area (Å²) in [6, 6.07) is 9.99. The predicted octanol–water partition coefficient (Wildman–Crippen LogP) is 4.00. The third-order valence-corrected chi connectivity index (χ3v) is 4.32. The normalized spacial score (nSPS) is 11.2. The van der Waals surface area contributed by atoms with Crippen LogP contribution >= 0.6 is 11.6 Å². The second-order valence-electron chi connectivity index (χ2n) is 5.76. The molecule has 5 nitrogen and oxygen atoms in total. The maximum atomic E-state index is 11.1. The number of nitrogens with zero attached hydrogens (tertiary/aromatic N) is 1. The summed E-state index contributed by atoms with van der Waals surface area (Å²) in [6.07, 6.45) is 3.68. The van der Waals surface area contributed by atoms with Crippen LogP contribution in [0, 0.1) is 0 Å². The summed E-state index contributed by atoms with van der Waals surface area (Å²) in [4.78, 5) is 21.9. The van der Waals surface area contributed by atoms with Crippen LogP contribution in [-0.4, -0.2) is 20.9 Å². The van der Waals surface area contributed by atoms with Crippen molar-refractivity contribution in [1.82, 2.24) is 20.3 Å². The molecule has 0 saturated heterocycles. The van der Waals surface area contributed by atoms with E-state index < -0.39 is 0 Å². The number of rotatable bonds is 3. The minimum absolute atomic E-state index is 0.0572. The van der Waals surface area contributed by atoms with Crippen LogP contribution < -0.4 is 5.32 Å². The third kappa shape index (κ3) is 2.63. The van der Waals surface area contributed by atoms with E-state index in [1.54, 1.807) is 0 Å². The molecule has 0 saturated carbocycles. The van der Waals surface area contributed by atoms with E-state index in [1.807, 2.05) is 36.7 Å². The Bertz CT molecular complexity index is 1060. The van der Waals surface area contributed by atoms with Gasteiger partial charge in [0.05, 0.1) is 6.54 Å². The van der Waals surface area contributed by atoms with E-state index in [9.17, 15) is 4.79 Å². The minimum Gasteiger partial charge on any atom is -0.357 e. The highest BCUT2D eigenvalue weighted by Crippen LogP contribution is 2.33. The molecule has 0 atom stereocenters. The van der Waals surface area contributed by atoms with E-state index in [0.29, 0.717) is 11.6 Å². The van der Waals surface area contributed by atoms with Crippen molar-refractivity contribution in [2.45, 2.75) is 13.5 Å². The Kier molecular flexibility index (Phi) is 3.50. The molecular formula is C18H15ClN4O. The average Bonchev–Trinajstić information content (AvgIpc) is 3.17. The molecule has 4 rings (SSSR count). The number of aromatic nitrogens is 3. The number of amides is 1. The Morgan fingerprint density at radius 1 is 1.25 bits per heavy atom. The number of nitrogens with one attached hydrogen (secondary N) is 3. The summed E-state index contributed by atoms with van der Waals surface area (Å²) in [7, 11) is 0. The van der Waals surface area contributed by atoms with Gasteiger partial charge in [-0.25, -0.2) is 4.98 Å². The van der Waals surface area contributed by atoms with Crippen LogP contribution in [0.3, 0.4) is 0 Å². The Morgan fingerprint density at radius 2 is 2.12 bits per heavy atom. The fourth-order valence-corrected chi connectivity index (χ4v) is 3.12. The smallest absolute Gasteiger partial charge is 0.217 e. The van der Waals surface area contributed by atoms with Crippen LogP contribution in [0.2, 0.25) is 5.02 Å². The molecule has 0 radical (unpaired) electrons. The topological polar surface area (TPSA) is 73.6 Å². The Balaban J connectivity index is 1.77. The van der Waals surface area contributed by atoms with Crippen LogP contribution in [0.4, 0.5) is 0 Å². The van der Waals surface area contributed by atoms with Gasteiger partial charge in [0.2, 0.25) is 5.91 Å². The number of halogens is 1. The molecule has 0 fully saturated rings. The quantitative estimate of drug-likeness (QED) is 0.528. The average molecular weight is 339 g/mol. The molecule has 1 amide bonds. The summed E-state index contributed by atoms with van der Waals surface area (Å²) in [5, 5.41) is 5.51. The Morgan fingerprint density at radius 3 is 2.96 bits per heavy atom. The lowest BCUT2D eigenvalue weighted by atomic mass is 10.1. The first kappa shape index (κ1) is 14.8. The fourth-order valence-electron chi connectivity index (χ4n) is 2.84. The van der Waals surface area contributed by atoms with Crippen LogP contribution in [0.5, 0.6) is 0 Å². The predicted molar refractivity (Wildman–Crippen MR) is 95.9 cm³/mol. The van der Waals surface area contributed by atoms with Crippen molar-refractivity contribution in [1.29, 1.82) is 0 Å². The number of H-pyrrole nitrogens is 2. The lowest BCUT2D eigenvalue weighted by molar-refractivity contribution is -0.119. The van der Waals surface area contributed by atoms with Crippen LogP contribution in [0.25, 0.3) is 33.1 Å². The zero-order valence-corrected chi connectivity index (χ0v) is 13.7. The van der Waals surface area contributed by atoms with Gasteiger partial charge in [-0.1, -0.05) is 11.6 Å². The Labute approximate surface area is 143 Å². The molecule has 6 heteroatoms. The van der Waals surface area contributed by atoms with E-state index >= 15 is 0 Å². The van der Waals surface area contributed by atoms with Gasteiger partial charge in [0.25, 0.3) is 0 Å². The lowest BCUT2D eigenvalue weighted by Crippen LogP contribution is -2.18. The lowest BCUT2D eigenvalue weighted by Gasteiger charge is -2.05.